The molecule has 0 aliphatic carbocycles. The largest absolute Gasteiger partial charge is 0.317 e. The van der Waals surface area contributed by atoms with Crippen molar-refractivity contribution in [2.24, 2.45) is 0 Å². The molecule has 0 rings (SSSR count). The van der Waals surface area contributed by atoms with Crippen LogP contribution in [0.15, 0.2) is 0 Å². The van der Waals surface area contributed by atoms with E-state index in [1.807, 2.05) is 0 Å². The van der Waals surface area contributed by atoms with Gasteiger partial charge in [-0.3, -0.25) is 0 Å². The van der Waals surface area contributed by atoms with E-state index in [0.717, 1.165) is 25.8 Å². The Labute approximate surface area is 66.0 Å². The highest BCUT2D eigenvalue weighted by atomic mass is 14.8. The Hall–Kier alpha value is 0.0249. The topological polar surface area (TPSA) is 12.0 Å². The van der Waals surface area contributed by atoms with E-state index >= 15 is 0 Å². The summed E-state index contributed by atoms with van der Waals surface area (Å²) in [5.41, 5.74) is 0. The van der Waals surface area contributed by atoms with Gasteiger partial charge in [0.1, 0.15) is 0 Å². The van der Waals surface area contributed by atoms with Gasteiger partial charge in [-0.2, -0.15) is 0 Å². The summed E-state index contributed by atoms with van der Waals surface area (Å²) in [6.45, 7) is 4.47. The summed E-state index contributed by atoms with van der Waals surface area (Å²) in [7, 11) is 5.33. The van der Waals surface area contributed by atoms with E-state index in [1.54, 1.807) is 0 Å². The smallest absolute Gasteiger partial charge is 0.0653 e. The lowest BCUT2D eigenvalue weighted by Crippen LogP contribution is -2.16. The number of unbranched alkanes of at least 4 members (excludes halogenated alkanes) is 2. The van der Waals surface area contributed by atoms with Gasteiger partial charge < -0.3 is 5.32 Å². The van der Waals surface area contributed by atoms with Gasteiger partial charge in [-0.05, 0) is 25.9 Å². The summed E-state index contributed by atoms with van der Waals surface area (Å²) in [5, 5.41) is 3.34. The average molecular weight is 139 g/mol. The molecule has 0 bridgehead atoms. The van der Waals surface area contributed by atoms with Gasteiger partial charge in [0.15, 0.2) is 0 Å². The van der Waals surface area contributed by atoms with Crippen molar-refractivity contribution in [2.75, 3.05) is 13.1 Å². The maximum atomic E-state index is 5.33. The van der Waals surface area contributed by atoms with Crippen molar-refractivity contribution < 1.29 is 0 Å². The molecule has 2 heteroatoms. The highest BCUT2D eigenvalue weighted by molar-refractivity contribution is 6.08. The maximum Gasteiger partial charge on any atom is 0.0653 e. The van der Waals surface area contributed by atoms with Gasteiger partial charge >= 0.3 is 0 Å². The van der Waals surface area contributed by atoms with Crippen LogP contribution in [0.3, 0.4) is 0 Å². The molecular formula is C8H18BN. The Balaban J connectivity index is 2.65. The van der Waals surface area contributed by atoms with Crippen LogP contribution in [0, 0.1) is 0 Å². The third kappa shape index (κ3) is 8.02. The first-order chi connectivity index (χ1) is 4.91. The fourth-order valence-corrected chi connectivity index (χ4v) is 0.852. The van der Waals surface area contributed by atoms with Crippen LogP contribution in [-0.2, 0) is 0 Å². The lowest BCUT2D eigenvalue weighted by atomic mass is 10.0. The van der Waals surface area contributed by atoms with Crippen molar-refractivity contribution in [1.29, 1.82) is 0 Å². The summed E-state index contributed by atoms with van der Waals surface area (Å²) < 4.78 is 0. The standard InChI is InChI=1S/C8H18BN/c1-2-3-4-7-10-8-5-6-9/h10H,2-8H2,1H3. The summed E-state index contributed by atoms with van der Waals surface area (Å²) in [6, 6.07) is 0. The van der Waals surface area contributed by atoms with Crippen molar-refractivity contribution in [1.82, 2.24) is 5.32 Å². The Bertz CT molecular complexity index is 49.2. The molecule has 2 radical (unpaired) electrons. The minimum Gasteiger partial charge on any atom is -0.317 e. The summed E-state index contributed by atoms with van der Waals surface area (Å²) >= 11 is 0. The summed E-state index contributed by atoms with van der Waals surface area (Å²) in [5.74, 6) is 0. The van der Waals surface area contributed by atoms with E-state index < -0.39 is 0 Å². The van der Waals surface area contributed by atoms with Gasteiger partial charge in [0.2, 0.25) is 0 Å². The monoisotopic (exact) mass is 139 g/mol. The molecule has 0 atom stereocenters. The zero-order valence-electron chi connectivity index (χ0n) is 7.03. The van der Waals surface area contributed by atoms with E-state index in [9.17, 15) is 0 Å². The molecule has 0 amide bonds. The fourth-order valence-electron chi connectivity index (χ4n) is 0.852. The second-order valence-corrected chi connectivity index (χ2v) is 2.60. The van der Waals surface area contributed by atoms with Crippen LogP contribution in [-0.4, -0.2) is 20.9 Å². The van der Waals surface area contributed by atoms with Gasteiger partial charge in [0.25, 0.3) is 0 Å². The van der Waals surface area contributed by atoms with E-state index in [4.69, 9.17) is 7.85 Å². The number of hydrogen-bond acceptors (Lipinski definition) is 1. The van der Waals surface area contributed by atoms with Gasteiger partial charge in [0, 0.05) is 0 Å². The molecule has 58 valence electrons. The molecule has 1 nitrogen and oxygen atoms in total. The molecule has 0 unspecified atom stereocenters. The molecule has 0 aromatic rings. The number of rotatable bonds is 7. The number of hydrogen-bond donors (Lipinski definition) is 1. The van der Waals surface area contributed by atoms with Crippen LogP contribution < -0.4 is 5.32 Å². The van der Waals surface area contributed by atoms with Crippen LogP contribution in [0.4, 0.5) is 0 Å². The van der Waals surface area contributed by atoms with Crippen molar-refractivity contribution in [2.45, 2.75) is 38.9 Å². The van der Waals surface area contributed by atoms with Gasteiger partial charge in [-0.15, -0.1) is 0 Å². The molecule has 0 fully saturated rings. The normalized spacial score (nSPS) is 10.1. The molecule has 0 saturated heterocycles. The molecule has 1 N–H and O–H groups in total. The summed E-state index contributed by atoms with van der Waals surface area (Å²) in [6.07, 6.45) is 5.86. The van der Waals surface area contributed by atoms with Crippen molar-refractivity contribution in [3.8, 4) is 0 Å². The Morgan fingerprint density at radius 2 is 1.80 bits per heavy atom. The first kappa shape index (κ1) is 10.0. The third-order valence-corrected chi connectivity index (χ3v) is 1.51. The summed E-state index contributed by atoms with van der Waals surface area (Å²) in [4.78, 5) is 0. The zero-order chi connectivity index (χ0) is 7.66. The van der Waals surface area contributed by atoms with Crippen molar-refractivity contribution in [3.05, 3.63) is 0 Å². The van der Waals surface area contributed by atoms with Crippen LogP contribution in [0.2, 0.25) is 6.32 Å². The van der Waals surface area contributed by atoms with Crippen LogP contribution in [0.25, 0.3) is 0 Å². The second kappa shape index (κ2) is 9.02. The highest BCUT2D eigenvalue weighted by Crippen LogP contribution is 1.91. The Morgan fingerprint density at radius 1 is 1.10 bits per heavy atom. The Kier molecular flexibility index (Phi) is 9.05. The molecular weight excluding hydrogens is 121 g/mol. The van der Waals surface area contributed by atoms with Crippen molar-refractivity contribution in [3.63, 3.8) is 0 Å². The molecule has 0 aliphatic heterocycles. The molecule has 0 aromatic carbocycles. The van der Waals surface area contributed by atoms with E-state index in [1.165, 1.54) is 19.3 Å². The molecule has 0 aliphatic rings. The van der Waals surface area contributed by atoms with Crippen LogP contribution in [0.1, 0.15) is 32.6 Å². The predicted octanol–water partition coefficient (Wildman–Crippen LogP) is 1.74. The average Bonchev–Trinajstić information content (AvgIpc) is 1.97. The molecule has 0 aromatic heterocycles. The van der Waals surface area contributed by atoms with Crippen molar-refractivity contribution >= 4 is 7.85 Å². The lowest BCUT2D eigenvalue weighted by molar-refractivity contribution is 0.611. The number of nitrogens with one attached hydrogen (secondary N) is 1. The molecule has 0 spiro atoms. The quantitative estimate of drug-likeness (QED) is 0.418. The first-order valence-electron chi connectivity index (χ1n) is 4.32. The fraction of sp³-hybridized carbons (Fsp3) is 1.00. The van der Waals surface area contributed by atoms with E-state index in [2.05, 4.69) is 12.2 Å². The van der Waals surface area contributed by atoms with Gasteiger partial charge in [-0.25, -0.2) is 0 Å². The SMILES string of the molecule is [B]CCCNCCCCC. The lowest BCUT2D eigenvalue weighted by Gasteiger charge is -2.01. The Morgan fingerprint density at radius 3 is 2.40 bits per heavy atom. The van der Waals surface area contributed by atoms with E-state index in [-0.39, 0.29) is 0 Å². The second-order valence-electron chi connectivity index (χ2n) is 2.60. The van der Waals surface area contributed by atoms with Crippen LogP contribution >= 0.6 is 0 Å². The maximum absolute atomic E-state index is 5.33. The van der Waals surface area contributed by atoms with E-state index in [0.29, 0.717) is 0 Å². The molecule has 0 heterocycles. The highest BCUT2D eigenvalue weighted by Gasteiger charge is 1.85. The van der Waals surface area contributed by atoms with Gasteiger partial charge in [0.05, 0.1) is 7.85 Å². The predicted molar refractivity (Wildman–Crippen MR) is 47.6 cm³/mol. The first-order valence-corrected chi connectivity index (χ1v) is 4.32. The zero-order valence-corrected chi connectivity index (χ0v) is 7.03. The third-order valence-electron chi connectivity index (χ3n) is 1.51. The molecule has 0 saturated carbocycles. The minimum atomic E-state index is 0.806. The molecule has 10 heavy (non-hydrogen) atoms. The van der Waals surface area contributed by atoms with Crippen LogP contribution in [0.5, 0.6) is 0 Å². The van der Waals surface area contributed by atoms with Gasteiger partial charge in [-0.1, -0.05) is 26.1 Å². The minimum absolute atomic E-state index is 0.806.